The van der Waals surface area contributed by atoms with Gasteiger partial charge in [0.25, 0.3) is 0 Å². The van der Waals surface area contributed by atoms with E-state index in [1.54, 1.807) is 24.8 Å². The number of carbonyl (C=O) groups is 3. The van der Waals surface area contributed by atoms with E-state index in [1.165, 1.54) is 12.1 Å². The van der Waals surface area contributed by atoms with Crippen molar-refractivity contribution in [2.75, 3.05) is 18.1 Å². The van der Waals surface area contributed by atoms with Gasteiger partial charge in [-0.2, -0.15) is 0 Å². The maximum absolute atomic E-state index is 14.2. The van der Waals surface area contributed by atoms with E-state index >= 15 is 0 Å². The Balaban J connectivity index is 1.53. The van der Waals surface area contributed by atoms with Crippen molar-refractivity contribution in [2.45, 2.75) is 63.9 Å². The van der Waals surface area contributed by atoms with Crippen LogP contribution >= 0.6 is 0 Å². The SMILES string of the molecule is CC(C)(CC(=O)N[C@@H]1CCc2cc(F)ccc2N(Cc2ccc(-c3ccccc3CNC(N)=O)cc2)C1=O)NC[C@H](O)CO. The van der Waals surface area contributed by atoms with Crippen LogP contribution in [0.25, 0.3) is 11.1 Å². The number of aryl methyl sites for hydroxylation is 1. The van der Waals surface area contributed by atoms with Crippen molar-refractivity contribution in [1.29, 1.82) is 0 Å². The van der Waals surface area contributed by atoms with Gasteiger partial charge < -0.3 is 36.8 Å². The number of anilines is 1. The first-order valence-corrected chi connectivity index (χ1v) is 14.6. The van der Waals surface area contributed by atoms with Crippen LogP contribution in [-0.2, 0) is 29.1 Å². The Morgan fingerprint density at radius 1 is 1.11 bits per heavy atom. The van der Waals surface area contributed by atoms with Crippen LogP contribution in [0.1, 0.15) is 43.4 Å². The van der Waals surface area contributed by atoms with Crippen molar-refractivity contribution in [1.82, 2.24) is 16.0 Å². The molecule has 0 spiro atoms. The number of rotatable bonds is 12. The number of hydrogen-bond donors (Lipinski definition) is 6. The van der Waals surface area contributed by atoms with Gasteiger partial charge >= 0.3 is 6.03 Å². The molecule has 0 unspecified atom stereocenters. The van der Waals surface area contributed by atoms with Gasteiger partial charge in [0.05, 0.1) is 19.3 Å². The molecule has 10 nitrogen and oxygen atoms in total. The lowest BCUT2D eigenvalue weighted by Gasteiger charge is -2.29. The third kappa shape index (κ3) is 8.62. The molecule has 7 N–H and O–H groups in total. The van der Waals surface area contributed by atoms with E-state index in [4.69, 9.17) is 10.8 Å². The highest BCUT2D eigenvalue weighted by atomic mass is 19.1. The van der Waals surface area contributed by atoms with Crippen LogP contribution < -0.4 is 26.6 Å². The first-order valence-electron chi connectivity index (χ1n) is 14.6. The molecule has 0 bridgehead atoms. The molecular formula is C33H40FN5O5. The molecule has 1 aliphatic heterocycles. The Morgan fingerprint density at radius 2 is 1.84 bits per heavy atom. The van der Waals surface area contributed by atoms with Gasteiger partial charge in [0.15, 0.2) is 0 Å². The summed E-state index contributed by atoms with van der Waals surface area (Å²) in [6.45, 7) is 3.81. The summed E-state index contributed by atoms with van der Waals surface area (Å²) in [7, 11) is 0. The van der Waals surface area contributed by atoms with E-state index in [9.17, 15) is 23.9 Å². The summed E-state index contributed by atoms with van der Waals surface area (Å²) in [5, 5.41) is 27.3. The minimum Gasteiger partial charge on any atom is -0.394 e. The summed E-state index contributed by atoms with van der Waals surface area (Å²) in [5.74, 6) is -1.03. The highest BCUT2D eigenvalue weighted by molar-refractivity contribution is 6.00. The molecule has 0 fully saturated rings. The number of primary amides is 1. The van der Waals surface area contributed by atoms with Crippen LogP contribution in [0.2, 0.25) is 0 Å². The van der Waals surface area contributed by atoms with Crippen molar-refractivity contribution >= 4 is 23.5 Å². The number of benzene rings is 3. The van der Waals surface area contributed by atoms with Gasteiger partial charge in [-0.05, 0) is 72.7 Å². The van der Waals surface area contributed by atoms with Crippen molar-refractivity contribution in [2.24, 2.45) is 5.73 Å². The predicted octanol–water partition coefficient (Wildman–Crippen LogP) is 2.74. The van der Waals surface area contributed by atoms with Gasteiger partial charge in [0.2, 0.25) is 11.8 Å². The molecule has 0 saturated heterocycles. The molecule has 234 valence electrons. The number of nitrogens with one attached hydrogen (secondary N) is 3. The quantitative estimate of drug-likeness (QED) is 0.186. The lowest BCUT2D eigenvalue weighted by Crippen LogP contribution is -2.51. The van der Waals surface area contributed by atoms with E-state index < -0.39 is 36.1 Å². The molecule has 0 saturated carbocycles. The summed E-state index contributed by atoms with van der Waals surface area (Å²) in [5.41, 5.74) is 9.43. The lowest BCUT2D eigenvalue weighted by atomic mass is 9.98. The molecule has 3 aromatic rings. The molecule has 3 aromatic carbocycles. The van der Waals surface area contributed by atoms with Gasteiger partial charge in [0, 0.05) is 30.7 Å². The number of aliphatic hydroxyl groups is 2. The number of carbonyl (C=O) groups excluding carboxylic acids is 3. The fourth-order valence-corrected chi connectivity index (χ4v) is 5.32. The van der Waals surface area contributed by atoms with Crippen molar-refractivity contribution in [3.05, 3.63) is 89.2 Å². The topological polar surface area (TPSA) is 157 Å². The van der Waals surface area contributed by atoms with Crippen LogP contribution in [0.5, 0.6) is 0 Å². The number of halogens is 1. The van der Waals surface area contributed by atoms with E-state index in [1.807, 2.05) is 48.5 Å². The summed E-state index contributed by atoms with van der Waals surface area (Å²) < 4.78 is 14.2. The first-order chi connectivity index (χ1) is 21.0. The van der Waals surface area contributed by atoms with Crippen molar-refractivity contribution in [3.63, 3.8) is 0 Å². The zero-order valence-corrected chi connectivity index (χ0v) is 25.0. The van der Waals surface area contributed by atoms with Gasteiger partial charge in [-0.25, -0.2) is 9.18 Å². The highest BCUT2D eigenvalue weighted by Gasteiger charge is 2.33. The molecule has 2 atom stereocenters. The first kappa shape index (κ1) is 32.6. The number of nitrogens with two attached hydrogens (primary N) is 1. The second-order valence-corrected chi connectivity index (χ2v) is 11.7. The summed E-state index contributed by atoms with van der Waals surface area (Å²) in [6, 6.07) is 18.3. The monoisotopic (exact) mass is 605 g/mol. The number of aliphatic hydroxyl groups excluding tert-OH is 2. The lowest BCUT2D eigenvalue weighted by molar-refractivity contribution is -0.128. The second-order valence-electron chi connectivity index (χ2n) is 11.7. The van der Waals surface area contributed by atoms with Gasteiger partial charge in [-0.1, -0.05) is 48.5 Å². The van der Waals surface area contributed by atoms with E-state index in [-0.39, 0.29) is 37.9 Å². The Kier molecular flexibility index (Phi) is 10.7. The molecule has 4 amide bonds. The second kappa shape index (κ2) is 14.4. The van der Waals surface area contributed by atoms with Gasteiger partial charge in [-0.15, -0.1) is 0 Å². The van der Waals surface area contributed by atoms with Crippen LogP contribution in [0.15, 0.2) is 66.7 Å². The predicted molar refractivity (Wildman–Crippen MR) is 166 cm³/mol. The molecule has 0 radical (unpaired) electrons. The fourth-order valence-electron chi connectivity index (χ4n) is 5.32. The van der Waals surface area contributed by atoms with E-state index in [0.29, 0.717) is 24.1 Å². The van der Waals surface area contributed by atoms with E-state index in [0.717, 1.165) is 22.3 Å². The highest BCUT2D eigenvalue weighted by Crippen LogP contribution is 2.31. The van der Waals surface area contributed by atoms with Crippen LogP contribution in [-0.4, -0.2) is 58.9 Å². The largest absolute Gasteiger partial charge is 0.394 e. The van der Waals surface area contributed by atoms with Crippen LogP contribution in [0.4, 0.5) is 14.9 Å². The summed E-state index contributed by atoms with van der Waals surface area (Å²) in [6.07, 6.45) is -0.200. The van der Waals surface area contributed by atoms with Crippen LogP contribution in [0.3, 0.4) is 0 Å². The van der Waals surface area contributed by atoms with Gasteiger partial charge in [-0.3, -0.25) is 9.59 Å². The molecule has 4 rings (SSSR count). The zero-order chi connectivity index (χ0) is 31.9. The number of β-amino-alcohol motifs (C(OH)–C–C–N with tert-alkyl or cyclic N) is 1. The normalized spacial score (nSPS) is 15.7. The summed E-state index contributed by atoms with van der Waals surface area (Å²) >= 11 is 0. The van der Waals surface area contributed by atoms with Crippen molar-refractivity contribution in [3.8, 4) is 11.1 Å². The molecular weight excluding hydrogens is 565 g/mol. The fraction of sp³-hybridized carbons (Fsp3) is 0.364. The standard InChI is InChI=1S/C33H40FN5O5/c1-33(2,37-18-26(41)20-40)16-30(42)38-28-13-11-23-15-25(34)12-14-29(23)39(31(28)43)19-21-7-9-22(10-8-21)27-6-4-3-5-24(27)17-36-32(35)44/h3-10,12,14-15,26,28,37,40-41H,11,13,16-20H2,1-2H3,(H,38,42)(H3,35,36,44)/t26-,28+/m0/s1. The molecule has 0 aromatic heterocycles. The average molecular weight is 606 g/mol. The van der Waals surface area contributed by atoms with Crippen LogP contribution in [0, 0.1) is 5.82 Å². The maximum atomic E-state index is 14.2. The third-order valence-corrected chi connectivity index (χ3v) is 7.64. The average Bonchev–Trinajstić information content (AvgIpc) is 3.11. The molecule has 1 aliphatic rings. The van der Waals surface area contributed by atoms with E-state index in [2.05, 4.69) is 16.0 Å². The summed E-state index contributed by atoms with van der Waals surface area (Å²) in [4.78, 5) is 39.8. The number of fused-ring (bicyclic) bond motifs is 1. The molecule has 1 heterocycles. The Hall–Kier alpha value is -4.32. The van der Waals surface area contributed by atoms with Crippen molar-refractivity contribution < 1.29 is 29.0 Å². The Morgan fingerprint density at radius 3 is 2.55 bits per heavy atom. The molecule has 11 heteroatoms. The molecule has 44 heavy (non-hydrogen) atoms. The maximum Gasteiger partial charge on any atom is 0.312 e. The van der Waals surface area contributed by atoms with Gasteiger partial charge in [0.1, 0.15) is 11.9 Å². The zero-order valence-electron chi connectivity index (χ0n) is 25.0. The number of amides is 4. The smallest absolute Gasteiger partial charge is 0.312 e. The number of hydrogen-bond acceptors (Lipinski definition) is 6. The third-order valence-electron chi connectivity index (χ3n) is 7.64. The number of nitrogens with zero attached hydrogens (tertiary/aromatic N) is 1. The Bertz CT molecular complexity index is 1480. The minimum atomic E-state index is -0.948. The minimum absolute atomic E-state index is 0.0361. The molecule has 0 aliphatic carbocycles. The Labute approximate surface area is 256 Å². The number of urea groups is 1.